The van der Waals surface area contributed by atoms with Gasteiger partial charge in [0.05, 0.1) is 0 Å². The lowest BCUT2D eigenvalue weighted by Crippen LogP contribution is -2.45. The highest BCUT2D eigenvalue weighted by Crippen LogP contribution is 2.26. The second-order valence-electron chi connectivity index (χ2n) is 5.06. The molecule has 0 amide bonds. The quantitative estimate of drug-likeness (QED) is 0.630. The third-order valence-electron chi connectivity index (χ3n) is 3.02. The predicted octanol–water partition coefficient (Wildman–Crippen LogP) is 1.53. The van der Waals surface area contributed by atoms with Gasteiger partial charge in [-0.3, -0.25) is 14.9 Å². The normalized spacial score (nSPS) is 14.0. The van der Waals surface area contributed by atoms with Crippen LogP contribution in [0, 0.1) is 12.8 Å². The fraction of sp³-hybridized carbons (Fsp3) is 0.429. The summed E-state index contributed by atoms with van der Waals surface area (Å²) in [5.41, 5.74) is 0.937. The zero-order valence-electron chi connectivity index (χ0n) is 11.6. The van der Waals surface area contributed by atoms with Crippen molar-refractivity contribution in [3.05, 3.63) is 29.3 Å². The number of benzene rings is 1. The fourth-order valence-corrected chi connectivity index (χ4v) is 1.93. The second-order valence-corrected chi connectivity index (χ2v) is 5.06. The second kappa shape index (κ2) is 6.38. The Labute approximate surface area is 117 Å². The Hall–Kier alpha value is -2.08. The number of rotatable bonds is 6. The van der Waals surface area contributed by atoms with Crippen LogP contribution >= 0.6 is 0 Å². The van der Waals surface area contributed by atoms with Crippen molar-refractivity contribution in [2.75, 3.05) is 0 Å². The third kappa shape index (κ3) is 3.71. The molecule has 0 aliphatic carbocycles. The molecule has 0 heterocycles. The summed E-state index contributed by atoms with van der Waals surface area (Å²) in [6.45, 7) is 5.13. The summed E-state index contributed by atoms with van der Waals surface area (Å²) in [5.74, 6) is -2.83. The highest BCUT2D eigenvalue weighted by atomic mass is 16.4. The van der Waals surface area contributed by atoms with Crippen LogP contribution in [0.2, 0.25) is 0 Å². The maximum Gasteiger partial charge on any atom is 0.325 e. The highest BCUT2D eigenvalue weighted by Gasteiger charge is 2.30. The van der Waals surface area contributed by atoms with Crippen molar-refractivity contribution in [2.45, 2.75) is 32.9 Å². The first kappa shape index (κ1) is 16.0. The van der Waals surface area contributed by atoms with Gasteiger partial charge in [0.15, 0.2) is 0 Å². The van der Waals surface area contributed by atoms with Gasteiger partial charge in [-0.05, 0) is 18.9 Å². The molecule has 6 nitrogen and oxygen atoms in total. The summed E-state index contributed by atoms with van der Waals surface area (Å²) in [7, 11) is 0. The summed E-state index contributed by atoms with van der Waals surface area (Å²) in [4.78, 5) is 22.5. The van der Waals surface area contributed by atoms with Gasteiger partial charge in [-0.1, -0.05) is 31.5 Å². The number of aliphatic carboxylic acids is 2. The van der Waals surface area contributed by atoms with Gasteiger partial charge in [0.25, 0.3) is 0 Å². The SMILES string of the molecule is Cc1ccc(O)c(C(NC(C(=O)O)C(C)C)C(=O)O)c1. The lowest BCUT2D eigenvalue weighted by atomic mass is 9.98. The van der Waals surface area contributed by atoms with Gasteiger partial charge in [0, 0.05) is 5.56 Å². The molecule has 0 saturated heterocycles. The standard InChI is InChI=1S/C14H19NO5/c1-7(2)11(13(17)18)15-12(14(19)20)9-6-8(3)4-5-10(9)16/h4-7,11-12,15-16H,1-3H3,(H,17,18)(H,19,20). The van der Waals surface area contributed by atoms with Crippen molar-refractivity contribution in [3.8, 4) is 5.75 Å². The van der Waals surface area contributed by atoms with Crippen molar-refractivity contribution in [3.63, 3.8) is 0 Å². The van der Waals surface area contributed by atoms with Crippen LogP contribution in [0.3, 0.4) is 0 Å². The Morgan fingerprint density at radius 2 is 1.75 bits per heavy atom. The number of phenols is 1. The summed E-state index contributed by atoms with van der Waals surface area (Å²) < 4.78 is 0. The van der Waals surface area contributed by atoms with Crippen molar-refractivity contribution < 1.29 is 24.9 Å². The Morgan fingerprint density at radius 3 is 2.20 bits per heavy atom. The number of nitrogens with one attached hydrogen (secondary N) is 1. The number of hydrogen-bond donors (Lipinski definition) is 4. The van der Waals surface area contributed by atoms with Crippen molar-refractivity contribution in [1.82, 2.24) is 5.32 Å². The van der Waals surface area contributed by atoms with Crippen LogP contribution in [0.5, 0.6) is 5.75 Å². The largest absolute Gasteiger partial charge is 0.508 e. The zero-order chi connectivity index (χ0) is 15.4. The van der Waals surface area contributed by atoms with Gasteiger partial charge in [-0.2, -0.15) is 0 Å². The van der Waals surface area contributed by atoms with E-state index in [0.717, 1.165) is 5.56 Å². The number of phenolic OH excluding ortho intramolecular Hbond substituents is 1. The Bertz CT molecular complexity index is 512. The first-order valence-corrected chi connectivity index (χ1v) is 6.25. The van der Waals surface area contributed by atoms with Gasteiger partial charge in [-0.25, -0.2) is 0 Å². The van der Waals surface area contributed by atoms with Crippen LogP contribution in [-0.2, 0) is 9.59 Å². The maximum atomic E-state index is 11.4. The molecular weight excluding hydrogens is 262 g/mol. The monoisotopic (exact) mass is 281 g/mol. The Morgan fingerprint density at radius 1 is 1.15 bits per heavy atom. The number of aromatic hydroxyl groups is 1. The molecule has 2 unspecified atom stereocenters. The minimum atomic E-state index is -1.28. The summed E-state index contributed by atoms with van der Waals surface area (Å²) in [5, 5.41) is 30.8. The molecule has 20 heavy (non-hydrogen) atoms. The van der Waals surface area contributed by atoms with Crippen molar-refractivity contribution in [2.24, 2.45) is 5.92 Å². The van der Waals surface area contributed by atoms with Gasteiger partial charge < -0.3 is 15.3 Å². The smallest absolute Gasteiger partial charge is 0.325 e. The van der Waals surface area contributed by atoms with Crippen molar-refractivity contribution >= 4 is 11.9 Å². The van der Waals surface area contributed by atoms with E-state index in [4.69, 9.17) is 5.11 Å². The van der Waals surface area contributed by atoms with E-state index >= 15 is 0 Å². The minimum Gasteiger partial charge on any atom is -0.508 e. The average Bonchev–Trinajstić information content (AvgIpc) is 2.32. The van der Waals surface area contributed by atoms with Crippen LogP contribution in [0.1, 0.15) is 31.0 Å². The van der Waals surface area contributed by atoms with Crippen LogP contribution in [-0.4, -0.2) is 33.3 Å². The Kier molecular flexibility index (Phi) is 5.10. The molecule has 0 saturated carbocycles. The first-order valence-electron chi connectivity index (χ1n) is 6.25. The molecule has 0 bridgehead atoms. The molecule has 4 N–H and O–H groups in total. The molecule has 0 aliphatic heterocycles. The van der Waals surface area contributed by atoms with Crippen molar-refractivity contribution in [1.29, 1.82) is 0 Å². The lowest BCUT2D eigenvalue weighted by molar-refractivity contribution is -0.143. The molecular formula is C14H19NO5. The maximum absolute atomic E-state index is 11.4. The number of carbonyl (C=O) groups is 2. The molecule has 2 atom stereocenters. The molecule has 0 spiro atoms. The van der Waals surface area contributed by atoms with Gasteiger partial charge in [0.2, 0.25) is 0 Å². The van der Waals surface area contributed by atoms with E-state index < -0.39 is 24.0 Å². The minimum absolute atomic E-state index is 0.157. The van der Waals surface area contributed by atoms with Crippen LogP contribution in [0.15, 0.2) is 18.2 Å². The number of hydrogen-bond acceptors (Lipinski definition) is 4. The van der Waals surface area contributed by atoms with E-state index in [-0.39, 0.29) is 17.2 Å². The lowest BCUT2D eigenvalue weighted by Gasteiger charge is -2.23. The predicted molar refractivity (Wildman–Crippen MR) is 72.6 cm³/mol. The van der Waals surface area contributed by atoms with E-state index in [9.17, 15) is 19.8 Å². The van der Waals surface area contributed by atoms with E-state index in [1.807, 2.05) is 0 Å². The molecule has 1 aromatic carbocycles. The molecule has 110 valence electrons. The Balaban J connectivity index is 3.15. The fourth-order valence-electron chi connectivity index (χ4n) is 1.93. The molecule has 1 aromatic rings. The van der Waals surface area contributed by atoms with Crippen LogP contribution in [0.4, 0.5) is 0 Å². The molecule has 0 aromatic heterocycles. The van der Waals surface area contributed by atoms with Crippen LogP contribution < -0.4 is 5.32 Å². The van der Waals surface area contributed by atoms with E-state index in [0.29, 0.717) is 0 Å². The van der Waals surface area contributed by atoms with Gasteiger partial charge in [-0.15, -0.1) is 0 Å². The number of carboxylic acids is 2. The van der Waals surface area contributed by atoms with E-state index in [2.05, 4.69) is 5.32 Å². The number of carboxylic acid groups (broad SMARTS) is 2. The molecule has 0 fully saturated rings. The van der Waals surface area contributed by atoms with E-state index in [1.165, 1.54) is 12.1 Å². The average molecular weight is 281 g/mol. The molecule has 1 rings (SSSR count). The van der Waals surface area contributed by atoms with Gasteiger partial charge >= 0.3 is 11.9 Å². The topological polar surface area (TPSA) is 107 Å². The number of aryl methyl sites for hydroxylation is 1. The van der Waals surface area contributed by atoms with E-state index in [1.54, 1.807) is 26.8 Å². The summed E-state index contributed by atoms with van der Waals surface area (Å²) in [6, 6.07) is 2.28. The first-order chi connectivity index (χ1) is 9.23. The van der Waals surface area contributed by atoms with Crippen LogP contribution in [0.25, 0.3) is 0 Å². The zero-order valence-corrected chi connectivity index (χ0v) is 11.6. The third-order valence-corrected chi connectivity index (χ3v) is 3.02. The molecule has 0 aliphatic rings. The molecule has 0 radical (unpaired) electrons. The highest BCUT2D eigenvalue weighted by molar-refractivity contribution is 5.79. The van der Waals surface area contributed by atoms with Gasteiger partial charge in [0.1, 0.15) is 17.8 Å². The summed E-state index contributed by atoms with van der Waals surface area (Å²) in [6.07, 6.45) is 0. The molecule has 6 heteroatoms. The summed E-state index contributed by atoms with van der Waals surface area (Å²) >= 11 is 0.